The van der Waals surface area contributed by atoms with Gasteiger partial charge in [0.05, 0.1) is 11.4 Å². The Balaban J connectivity index is 1.23. The summed E-state index contributed by atoms with van der Waals surface area (Å²) in [5, 5.41) is 2.76. The number of nitrogens with one attached hydrogen (secondary N) is 1. The molecule has 0 radical (unpaired) electrons. The molecule has 0 bridgehead atoms. The average molecular weight is 447 g/mol. The molecule has 1 amide bonds. The third-order valence-corrected chi connectivity index (χ3v) is 7.16. The van der Waals surface area contributed by atoms with Crippen LogP contribution in [-0.4, -0.2) is 57.6 Å². The van der Waals surface area contributed by atoms with E-state index in [9.17, 15) is 13.2 Å². The van der Waals surface area contributed by atoms with Gasteiger partial charge in [-0.3, -0.25) is 4.79 Å². The van der Waals surface area contributed by atoms with Gasteiger partial charge in [-0.2, -0.15) is 4.31 Å². The fourth-order valence-electron chi connectivity index (χ4n) is 3.57. The molecule has 2 aromatic carbocycles. The number of fused-ring (bicyclic) bond motifs is 1. The number of hydrogen-bond donors (Lipinski definition) is 1. The first-order chi connectivity index (χ1) is 15.0. The molecule has 2 heterocycles. The van der Waals surface area contributed by atoms with E-state index in [0.29, 0.717) is 30.3 Å². The summed E-state index contributed by atoms with van der Waals surface area (Å²) in [6.07, 6.45) is 2.16. The fraction of sp³-hybridized carbons (Fsp3) is 0.409. The second kappa shape index (κ2) is 9.57. The zero-order valence-corrected chi connectivity index (χ0v) is 18.0. The molecule has 1 atom stereocenters. The first-order valence-corrected chi connectivity index (χ1v) is 11.9. The van der Waals surface area contributed by atoms with Crippen LogP contribution in [0.2, 0.25) is 0 Å². The Morgan fingerprint density at radius 2 is 1.74 bits per heavy atom. The van der Waals surface area contributed by atoms with E-state index in [-0.39, 0.29) is 30.6 Å². The van der Waals surface area contributed by atoms with Crippen LogP contribution in [0.1, 0.15) is 19.3 Å². The van der Waals surface area contributed by atoms with E-state index in [1.165, 1.54) is 4.31 Å². The predicted octanol–water partition coefficient (Wildman–Crippen LogP) is 2.20. The molecule has 0 spiro atoms. The van der Waals surface area contributed by atoms with Gasteiger partial charge in [-0.25, -0.2) is 8.42 Å². The van der Waals surface area contributed by atoms with Crippen LogP contribution >= 0.6 is 0 Å². The smallest absolute Gasteiger partial charge is 0.264 e. The van der Waals surface area contributed by atoms with Crippen molar-refractivity contribution in [2.45, 2.75) is 30.3 Å². The third kappa shape index (κ3) is 5.11. The summed E-state index contributed by atoms with van der Waals surface area (Å²) in [5.41, 5.74) is 0. The summed E-state index contributed by atoms with van der Waals surface area (Å²) in [6, 6.07) is 13.6. The molecule has 1 N–H and O–H groups in total. The van der Waals surface area contributed by atoms with Crippen molar-refractivity contribution in [3.8, 4) is 17.2 Å². The van der Waals surface area contributed by atoms with Gasteiger partial charge in [-0.05, 0) is 49.2 Å². The van der Waals surface area contributed by atoms with Crippen molar-refractivity contribution in [2.24, 2.45) is 0 Å². The fourth-order valence-corrected chi connectivity index (χ4v) is 5.08. The Bertz CT molecular complexity index is 1000. The van der Waals surface area contributed by atoms with Crippen molar-refractivity contribution in [2.75, 3.05) is 32.8 Å². The molecule has 2 aromatic rings. The Labute approximate surface area is 182 Å². The first-order valence-electron chi connectivity index (χ1n) is 10.4. The lowest BCUT2D eigenvalue weighted by Crippen LogP contribution is -2.45. The zero-order valence-electron chi connectivity index (χ0n) is 17.2. The number of carbonyl (C=O) groups is 1. The topological polar surface area (TPSA) is 94.2 Å². The molecule has 2 aliphatic rings. The van der Waals surface area contributed by atoms with Gasteiger partial charge in [0.25, 0.3) is 5.91 Å². The molecular formula is C22H26N2O6S. The van der Waals surface area contributed by atoms with Gasteiger partial charge in [0.2, 0.25) is 16.1 Å². The van der Waals surface area contributed by atoms with E-state index in [2.05, 4.69) is 5.32 Å². The van der Waals surface area contributed by atoms with Crippen LogP contribution in [0.5, 0.6) is 17.2 Å². The van der Waals surface area contributed by atoms with E-state index >= 15 is 0 Å². The van der Waals surface area contributed by atoms with Gasteiger partial charge in [-0.15, -0.1) is 0 Å². The van der Waals surface area contributed by atoms with Crippen molar-refractivity contribution < 1.29 is 27.4 Å². The maximum Gasteiger partial charge on any atom is 0.264 e. The molecule has 4 rings (SSSR count). The standard InChI is InChI=1S/C22H26N2O6S/c25-22(21-16-29-19-6-2-3-7-20(19)30-21)23-12-15-28-17-8-10-18(11-9-17)31(26,27)24-13-4-1-5-14-24/h2-3,6-11,21H,1,4-5,12-16H2,(H,23,25)/t21-/m0/s1. The molecular weight excluding hydrogens is 420 g/mol. The lowest BCUT2D eigenvalue weighted by Gasteiger charge is -2.26. The number of para-hydroxylation sites is 2. The van der Waals surface area contributed by atoms with Crippen LogP contribution in [-0.2, 0) is 14.8 Å². The van der Waals surface area contributed by atoms with Gasteiger partial charge in [0.15, 0.2) is 11.5 Å². The lowest BCUT2D eigenvalue weighted by molar-refractivity contribution is -0.130. The van der Waals surface area contributed by atoms with E-state index in [4.69, 9.17) is 14.2 Å². The Kier molecular flexibility index (Phi) is 6.62. The number of hydrogen-bond acceptors (Lipinski definition) is 6. The summed E-state index contributed by atoms with van der Waals surface area (Å²) >= 11 is 0. The minimum Gasteiger partial charge on any atom is -0.492 e. The SMILES string of the molecule is O=C(NCCOc1ccc(S(=O)(=O)N2CCCCC2)cc1)[C@@H]1COc2ccccc2O1. The number of piperidine rings is 1. The third-order valence-electron chi connectivity index (χ3n) is 5.25. The highest BCUT2D eigenvalue weighted by Gasteiger charge is 2.27. The maximum atomic E-state index is 12.7. The van der Waals surface area contributed by atoms with Crippen LogP contribution in [0.3, 0.4) is 0 Å². The van der Waals surface area contributed by atoms with Crippen LogP contribution in [0.15, 0.2) is 53.4 Å². The van der Waals surface area contributed by atoms with E-state index in [1.807, 2.05) is 12.1 Å². The summed E-state index contributed by atoms with van der Waals surface area (Å²) < 4.78 is 43.7. The number of ether oxygens (including phenoxy) is 3. The molecule has 2 aliphatic heterocycles. The minimum absolute atomic E-state index is 0.149. The average Bonchev–Trinajstić information content (AvgIpc) is 2.82. The highest BCUT2D eigenvalue weighted by Crippen LogP contribution is 2.30. The second-order valence-corrected chi connectivity index (χ2v) is 9.38. The quantitative estimate of drug-likeness (QED) is 0.656. The molecule has 166 valence electrons. The van der Waals surface area contributed by atoms with E-state index < -0.39 is 16.1 Å². The first kappa shape index (κ1) is 21.5. The van der Waals surface area contributed by atoms with Crippen LogP contribution < -0.4 is 19.5 Å². The highest BCUT2D eigenvalue weighted by atomic mass is 32.2. The summed E-state index contributed by atoms with van der Waals surface area (Å²) in [6.45, 7) is 1.82. The monoisotopic (exact) mass is 446 g/mol. The van der Waals surface area contributed by atoms with Crippen LogP contribution in [0.4, 0.5) is 0 Å². The van der Waals surface area contributed by atoms with Gasteiger partial charge in [-0.1, -0.05) is 18.6 Å². The summed E-state index contributed by atoms with van der Waals surface area (Å²) in [7, 11) is -3.45. The van der Waals surface area contributed by atoms with Crippen LogP contribution in [0, 0.1) is 0 Å². The van der Waals surface area contributed by atoms with Crippen molar-refractivity contribution in [3.63, 3.8) is 0 Å². The Morgan fingerprint density at radius 3 is 2.48 bits per heavy atom. The van der Waals surface area contributed by atoms with Crippen molar-refractivity contribution in [1.82, 2.24) is 9.62 Å². The van der Waals surface area contributed by atoms with Crippen molar-refractivity contribution >= 4 is 15.9 Å². The predicted molar refractivity (Wildman–Crippen MR) is 114 cm³/mol. The number of amides is 1. The number of carbonyl (C=O) groups excluding carboxylic acids is 1. The number of nitrogens with zero attached hydrogens (tertiary/aromatic N) is 1. The van der Waals surface area contributed by atoms with Crippen LogP contribution in [0.25, 0.3) is 0 Å². The molecule has 0 aromatic heterocycles. The minimum atomic E-state index is -3.45. The maximum absolute atomic E-state index is 12.7. The number of sulfonamides is 1. The van der Waals surface area contributed by atoms with Gasteiger partial charge in [0.1, 0.15) is 19.0 Å². The van der Waals surface area contributed by atoms with E-state index in [0.717, 1.165) is 19.3 Å². The molecule has 1 fully saturated rings. The molecule has 9 heteroatoms. The summed E-state index contributed by atoms with van der Waals surface area (Å²) in [4.78, 5) is 12.5. The van der Waals surface area contributed by atoms with Crippen molar-refractivity contribution in [3.05, 3.63) is 48.5 Å². The number of rotatable bonds is 7. The highest BCUT2D eigenvalue weighted by molar-refractivity contribution is 7.89. The number of benzene rings is 2. The largest absolute Gasteiger partial charge is 0.492 e. The molecule has 1 saturated heterocycles. The van der Waals surface area contributed by atoms with Gasteiger partial charge in [0, 0.05) is 13.1 Å². The molecule has 0 aliphatic carbocycles. The van der Waals surface area contributed by atoms with Gasteiger partial charge < -0.3 is 19.5 Å². The molecule has 0 saturated carbocycles. The van der Waals surface area contributed by atoms with Gasteiger partial charge >= 0.3 is 0 Å². The summed E-state index contributed by atoms with van der Waals surface area (Å²) in [5.74, 6) is 1.43. The normalized spacial score (nSPS) is 18.9. The second-order valence-electron chi connectivity index (χ2n) is 7.44. The molecule has 8 nitrogen and oxygen atoms in total. The van der Waals surface area contributed by atoms with Crippen molar-refractivity contribution in [1.29, 1.82) is 0 Å². The zero-order chi connectivity index (χ0) is 21.7. The van der Waals surface area contributed by atoms with E-state index in [1.54, 1.807) is 36.4 Å². The Morgan fingerprint density at radius 1 is 1.03 bits per heavy atom. The molecule has 0 unspecified atom stereocenters. The lowest BCUT2D eigenvalue weighted by atomic mass is 10.2. The Hall–Kier alpha value is -2.78. The molecule has 31 heavy (non-hydrogen) atoms.